The van der Waals surface area contributed by atoms with Crippen LogP contribution in [0.25, 0.3) is 0 Å². The van der Waals surface area contributed by atoms with E-state index < -0.39 is 0 Å². The van der Waals surface area contributed by atoms with E-state index in [-0.39, 0.29) is 18.6 Å². The summed E-state index contributed by atoms with van der Waals surface area (Å²) in [5.74, 6) is 0.524. The summed E-state index contributed by atoms with van der Waals surface area (Å²) < 4.78 is 5.44. The topological polar surface area (TPSA) is 64.3 Å². The minimum Gasteiger partial charge on any atom is -0.483 e. The van der Waals surface area contributed by atoms with Crippen molar-refractivity contribution in [3.63, 3.8) is 0 Å². The fourth-order valence-electron chi connectivity index (χ4n) is 1.36. The Morgan fingerprint density at radius 3 is 2.81 bits per heavy atom. The van der Waals surface area contributed by atoms with Crippen LogP contribution in [-0.2, 0) is 4.79 Å². The zero-order valence-electron chi connectivity index (χ0n) is 9.91. The zero-order chi connectivity index (χ0) is 12.1. The van der Waals surface area contributed by atoms with Gasteiger partial charge in [0, 0.05) is 18.7 Å². The predicted molar refractivity (Wildman–Crippen MR) is 63.3 cm³/mol. The average Bonchev–Trinajstić information content (AvgIpc) is 2.25. The molecule has 0 bridgehead atoms. The van der Waals surface area contributed by atoms with Crippen LogP contribution >= 0.6 is 0 Å². The molecular weight excluding hydrogens is 204 g/mol. The van der Waals surface area contributed by atoms with Gasteiger partial charge in [-0.2, -0.15) is 0 Å². The van der Waals surface area contributed by atoms with Gasteiger partial charge in [0.2, 0.25) is 0 Å². The predicted octanol–water partition coefficient (Wildman–Crippen LogP) is 1.14. The van der Waals surface area contributed by atoms with Crippen molar-refractivity contribution in [1.29, 1.82) is 0 Å². The highest BCUT2D eigenvalue weighted by Gasteiger charge is 2.09. The van der Waals surface area contributed by atoms with Gasteiger partial charge in [-0.25, -0.2) is 0 Å². The molecular formula is C12H18N2O2. The van der Waals surface area contributed by atoms with Crippen molar-refractivity contribution in [2.75, 3.05) is 13.7 Å². The van der Waals surface area contributed by atoms with Gasteiger partial charge in [0.1, 0.15) is 5.75 Å². The average molecular weight is 222 g/mol. The van der Waals surface area contributed by atoms with Crippen LogP contribution in [0.1, 0.15) is 24.1 Å². The molecule has 4 nitrogen and oxygen atoms in total. The first kappa shape index (κ1) is 12.5. The SMILES string of the molecule is CNC(=O)COc1cc(C)ccc1[C@H](C)N. The number of likely N-dealkylation sites (N-methyl/N-ethyl adjacent to an activating group) is 1. The molecule has 16 heavy (non-hydrogen) atoms. The number of aryl methyl sites for hydroxylation is 1. The summed E-state index contributed by atoms with van der Waals surface area (Å²) in [7, 11) is 1.58. The normalized spacial score (nSPS) is 12.0. The van der Waals surface area contributed by atoms with Crippen LogP contribution in [0.5, 0.6) is 5.75 Å². The Balaban J connectivity index is 2.84. The van der Waals surface area contributed by atoms with Gasteiger partial charge in [0.05, 0.1) is 0 Å². The van der Waals surface area contributed by atoms with Crippen molar-refractivity contribution < 1.29 is 9.53 Å². The van der Waals surface area contributed by atoms with Crippen LogP contribution in [0.15, 0.2) is 18.2 Å². The van der Waals surface area contributed by atoms with Crippen molar-refractivity contribution in [2.24, 2.45) is 5.73 Å². The van der Waals surface area contributed by atoms with Crippen molar-refractivity contribution in [3.8, 4) is 5.75 Å². The molecule has 0 aromatic heterocycles. The largest absolute Gasteiger partial charge is 0.483 e. The van der Waals surface area contributed by atoms with Gasteiger partial charge in [-0.15, -0.1) is 0 Å². The number of nitrogens with one attached hydrogen (secondary N) is 1. The summed E-state index contributed by atoms with van der Waals surface area (Å²) in [6, 6.07) is 5.69. The van der Waals surface area contributed by atoms with Gasteiger partial charge in [0.15, 0.2) is 6.61 Å². The van der Waals surface area contributed by atoms with E-state index in [1.807, 2.05) is 32.0 Å². The van der Waals surface area contributed by atoms with E-state index in [0.717, 1.165) is 11.1 Å². The van der Waals surface area contributed by atoms with Crippen LogP contribution in [0.4, 0.5) is 0 Å². The number of carbonyl (C=O) groups excluding carboxylic acids is 1. The Morgan fingerprint density at radius 2 is 2.25 bits per heavy atom. The number of carbonyl (C=O) groups is 1. The summed E-state index contributed by atoms with van der Waals surface area (Å²) in [6.07, 6.45) is 0. The summed E-state index contributed by atoms with van der Waals surface area (Å²) in [5.41, 5.74) is 7.81. The number of ether oxygens (including phenoxy) is 1. The number of rotatable bonds is 4. The molecule has 0 aliphatic rings. The van der Waals surface area contributed by atoms with Gasteiger partial charge in [-0.05, 0) is 25.5 Å². The fourth-order valence-corrected chi connectivity index (χ4v) is 1.36. The maximum atomic E-state index is 11.1. The standard InChI is InChI=1S/C12H18N2O2/c1-8-4-5-10(9(2)13)11(6-8)16-7-12(15)14-3/h4-6,9H,7,13H2,1-3H3,(H,14,15)/t9-/m0/s1. The Bertz CT molecular complexity index is 375. The quantitative estimate of drug-likeness (QED) is 0.803. The van der Waals surface area contributed by atoms with E-state index in [4.69, 9.17) is 10.5 Å². The molecule has 1 aromatic rings. The second kappa shape index (κ2) is 5.51. The Hall–Kier alpha value is -1.55. The third-order valence-electron chi connectivity index (χ3n) is 2.30. The molecule has 1 amide bonds. The zero-order valence-corrected chi connectivity index (χ0v) is 9.91. The smallest absolute Gasteiger partial charge is 0.257 e. The highest BCUT2D eigenvalue weighted by Crippen LogP contribution is 2.24. The van der Waals surface area contributed by atoms with Gasteiger partial charge in [-0.3, -0.25) is 4.79 Å². The molecule has 1 aromatic carbocycles. The number of nitrogens with two attached hydrogens (primary N) is 1. The lowest BCUT2D eigenvalue weighted by molar-refractivity contribution is -0.122. The first-order valence-electron chi connectivity index (χ1n) is 5.24. The highest BCUT2D eigenvalue weighted by molar-refractivity contribution is 5.77. The van der Waals surface area contributed by atoms with Gasteiger partial charge in [-0.1, -0.05) is 12.1 Å². The molecule has 0 heterocycles. The Morgan fingerprint density at radius 1 is 1.56 bits per heavy atom. The van der Waals surface area contributed by atoms with Crippen LogP contribution in [-0.4, -0.2) is 19.6 Å². The van der Waals surface area contributed by atoms with E-state index in [9.17, 15) is 4.79 Å². The maximum absolute atomic E-state index is 11.1. The Kier molecular flexibility index (Phi) is 4.31. The van der Waals surface area contributed by atoms with E-state index in [2.05, 4.69) is 5.32 Å². The number of amides is 1. The summed E-state index contributed by atoms with van der Waals surface area (Å²) in [6.45, 7) is 3.87. The van der Waals surface area contributed by atoms with Crippen LogP contribution in [0, 0.1) is 6.92 Å². The van der Waals surface area contributed by atoms with Gasteiger partial charge in [0.25, 0.3) is 5.91 Å². The first-order chi connectivity index (χ1) is 7.54. The van der Waals surface area contributed by atoms with E-state index in [1.165, 1.54) is 0 Å². The molecule has 4 heteroatoms. The lowest BCUT2D eigenvalue weighted by Crippen LogP contribution is -2.25. The molecule has 0 fully saturated rings. The second-order valence-electron chi connectivity index (χ2n) is 3.79. The number of benzene rings is 1. The monoisotopic (exact) mass is 222 g/mol. The second-order valence-corrected chi connectivity index (χ2v) is 3.79. The minimum absolute atomic E-state index is 0.0136. The lowest BCUT2D eigenvalue weighted by atomic mass is 10.1. The molecule has 0 radical (unpaired) electrons. The lowest BCUT2D eigenvalue weighted by Gasteiger charge is -2.14. The van der Waals surface area contributed by atoms with Gasteiger partial charge < -0.3 is 15.8 Å². The van der Waals surface area contributed by atoms with Crippen molar-refractivity contribution in [1.82, 2.24) is 5.32 Å². The van der Waals surface area contributed by atoms with Crippen molar-refractivity contribution in [3.05, 3.63) is 29.3 Å². The van der Waals surface area contributed by atoms with E-state index in [1.54, 1.807) is 7.05 Å². The third-order valence-corrected chi connectivity index (χ3v) is 2.30. The van der Waals surface area contributed by atoms with Crippen molar-refractivity contribution >= 4 is 5.91 Å². The maximum Gasteiger partial charge on any atom is 0.257 e. The number of hydrogen-bond acceptors (Lipinski definition) is 3. The van der Waals surface area contributed by atoms with Crippen LogP contribution in [0.3, 0.4) is 0 Å². The summed E-state index contributed by atoms with van der Waals surface area (Å²) in [5, 5.41) is 2.50. The molecule has 1 atom stereocenters. The molecule has 0 aliphatic carbocycles. The first-order valence-corrected chi connectivity index (χ1v) is 5.24. The van der Waals surface area contributed by atoms with E-state index in [0.29, 0.717) is 5.75 Å². The molecule has 88 valence electrons. The summed E-state index contributed by atoms with van der Waals surface area (Å²) in [4.78, 5) is 11.1. The summed E-state index contributed by atoms with van der Waals surface area (Å²) >= 11 is 0. The Labute approximate surface area is 95.8 Å². The van der Waals surface area contributed by atoms with Gasteiger partial charge >= 0.3 is 0 Å². The minimum atomic E-state index is -0.155. The number of hydrogen-bond donors (Lipinski definition) is 2. The molecule has 0 unspecified atom stereocenters. The van der Waals surface area contributed by atoms with E-state index >= 15 is 0 Å². The molecule has 1 rings (SSSR count). The third kappa shape index (κ3) is 3.24. The van der Waals surface area contributed by atoms with Crippen molar-refractivity contribution in [2.45, 2.75) is 19.9 Å². The molecule has 0 saturated heterocycles. The molecule has 0 aliphatic heterocycles. The molecule has 0 spiro atoms. The fraction of sp³-hybridized carbons (Fsp3) is 0.417. The molecule has 0 saturated carbocycles. The van der Waals surface area contributed by atoms with Crippen LogP contribution < -0.4 is 15.8 Å². The highest BCUT2D eigenvalue weighted by atomic mass is 16.5. The molecule has 3 N–H and O–H groups in total. The van der Waals surface area contributed by atoms with Crippen LogP contribution in [0.2, 0.25) is 0 Å².